The van der Waals surface area contributed by atoms with Crippen LogP contribution in [0.15, 0.2) is 18.2 Å². The van der Waals surface area contributed by atoms with E-state index in [9.17, 15) is 4.79 Å². The maximum absolute atomic E-state index is 12.9. The highest BCUT2D eigenvalue weighted by molar-refractivity contribution is 6.42. The molecule has 1 aromatic rings. The van der Waals surface area contributed by atoms with E-state index in [4.69, 9.17) is 23.2 Å². The van der Waals surface area contributed by atoms with Gasteiger partial charge in [-0.15, -0.1) is 0 Å². The predicted molar refractivity (Wildman–Crippen MR) is 87.7 cm³/mol. The first-order valence-corrected chi connectivity index (χ1v) is 8.05. The fourth-order valence-electron chi connectivity index (χ4n) is 2.67. The van der Waals surface area contributed by atoms with Gasteiger partial charge < -0.3 is 10.2 Å². The largest absolute Gasteiger partial charge is 0.335 e. The van der Waals surface area contributed by atoms with Crippen LogP contribution in [0.4, 0.5) is 0 Å². The maximum Gasteiger partial charge on any atom is 0.230 e. The molecule has 3 nitrogen and oxygen atoms in total. The minimum absolute atomic E-state index is 0.143. The molecule has 1 heterocycles. The van der Waals surface area contributed by atoms with Crippen LogP contribution in [-0.4, -0.2) is 29.9 Å². The van der Waals surface area contributed by atoms with Crippen molar-refractivity contribution in [2.24, 2.45) is 5.41 Å². The second-order valence-electron chi connectivity index (χ2n) is 6.26. The lowest BCUT2D eigenvalue weighted by Crippen LogP contribution is -2.46. The molecule has 1 atom stereocenters. The Morgan fingerprint density at radius 3 is 2.62 bits per heavy atom. The topological polar surface area (TPSA) is 32.3 Å². The summed E-state index contributed by atoms with van der Waals surface area (Å²) in [5, 5.41) is 4.35. The fourth-order valence-corrected chi connectivity index (χ4v) is 2.99. The Morgan fingerprint density at radius 2 is 2.10 bits per heavy atom. The molecule has 21 heavy (non-hydrogen) atoms. The summed E-state index contributed by atoms with van der Waals surface area (Å²) in [6.45, 7) is 8.34. The second-order valence-corrected chi connectivity index (χ2v) is 7.08. The lowest BCUT2D eigenvalue weighted by atomic mass is 9.87. The molecule has 0 saturated carbocycles. The molecule has 116 valence electrons. The minimum Gasteiger partial charge on any atom is -0.335 e. The van der Waals surface area contributed by atoms with Crippen molar-refractivity contribution < 1.29 is 4.79 Å². The van der Waals surface area contributed by atoms with E-state index in [0.717, 1.165) is 25.1 Å². The standard InChI is InChI=1S/C16H22Cl2N2O/c1-11(2)20(15(21)16(3)6-7-19-10-16)9-12-4-5-13(17)14(18)8-12/h4-5,8,11,19H,6-7,9-10H2,1-3H3. The van der Waals surface area contributed by atoms with Gasteiger partial charge in [0, 0.05) is 19.1 Å². The zero-order valence-electron chi connectivity index (χ0n) is 12.7. The van der Waals surface area contributed by atoms with E-state index in [-0.39, 0.29) is 17.4 Å². The Balaban J connectivity index is 2.19. The van der Waals surface area contributed by atoms with Crippen molar-refractivity contribution in [1.82, 2.24) is 10.2 Å². The second kappa shape index (κ2) is 6.55. The first-order chi connectivity index (χ1) is 9.83. The Labute approximate surface area is 136 Å². The highest BCUT2D eigenvalue weighted by Crippen LogP contribution is 2.30. The summed E-state index contributed by atoms with van der Waals surface area (Å²) < 4.78 is 0. The molecular weight excluding hydrogens is 307 g/mol. The molecular formula is C16H22Cl2N2O. The SMILES string of the molecule is CC(C)N(Cc1ccc(Cl)c(Cl)c1)C(=O)C1(C)CCNC1. The first kappa shape index (κ1) is 16.6. The van der Waals surface area contributed by atoms with Crippen LogP contribution in [0.3, 0.4) is 0 Å². The van der Waals surface area contributed by atoms with Gasteiger partial charge in [0.15, 0.2) is 0 Å². The zero-order valence-corrected chi connectivity index (χ0v) is 14.3. The minimum atomic E-state index is -0.305. The molecule has 1 saturated heterocycles. The molecule has 1 fully saturated rings. The van der Waals surface area contributed by atoms with E-state index in [1.807, 2.05) is 37.8 Å². The van der Waals surface area contributed by atoms with Gasteiger partial charge in [-0.2, -0.15) is 0 Å². The molecule has 1 aliphatic heterocycles. The number of halogens is 2. The highest BCUT2D eigenvalue weighted by atomic mass is 35.5. The Kier molecular flexibility index (Phi) is 5.18. The van der Waals surface area contributed by atoms with E-state index in [1.54, 1.807) is 6.07 Å². The molecule has 1 N–H and O–H groups in total. The van der Waals surface area contributed by atoms with E-state index in [0.29, 0.717) is 16.6 Å². The average molecular weight is 329 g/mol. The van der Waals surface area contributed by atoms with Crippen LogP contribution < -0.4 is 5.32 Å². The number of benzene rings is 1. The summed E-state index contributed by atoms with van der Waals surface area (Å²) in [6, 6.07) is 5.68. The smallest absolute Gasteiger partial charge is 0.230 e. The van der Waals surface area contributed by atoms with Gasteiger partial charge >= 0.3 is 0 Å². The van der Waals surface area contributed by atoms with E-state index in [2.05, 4.69) is 5.32 Å². The molecule has 1 amide bonds. The summed E-state index contributed by atoms with van der Waals surface area (Å²) in [6.07, 6.45) is 0.885. The Hall–Kier alpha value is -0.770. The summed E-state index contributed by atoms with van der Waals surface area (Å²) in [5.41, 5.74) is 0.696. The third-order valence-electron chi connectivity index (χ3n) is 4.11. The van der Waals surface area contributed by atoms with Crippen molar-refractivity contribution in [1.29, 1.82) is 0 Å². The van der Waals surface area contributed by atoms with Gasteiger partial charge in [-0.25, -0.2) is 0 Å². The summed E-state index contributed by atoms with van der Waals surface area (Å²) in [7, 11) is 0. The summed E-state index contributed by atoms with van der Waals surface area (Å²) in [4.78, 5) is 14.8. The molecule has 0 bridgehead atoms. The van der Waals surface area contributed by atoms with Crippen LogP contribution in [0.2, 0.25) is 10.0 Å². The predicted octanol–water partition coefficient (Wildman–Crippen LogP) is 3.73. The van der Waals surface area contributed by atoms with Gasteiger partial charge in [0.25, 0.3) is 0 Å². The lowest BCUT2D eigenvalue weighted by Gasteiger charge is -2.34. The Bertz CT molecular complexity index is 525. The highest BCUT2D eigenvalue weighted by Gasteiger charge is 2.39. The Morgan fingerprint density at radius 1 is 1.38 bits per heavy atom. The number of nitrogens with one attached hydrogen (secondary N) is 1. The van der Waals surface area contributed by atoms with E-state index in [1.165, 1.54) is 0 Å². The molecule has 5 heteroatoms. The average Bonchev–Trinajstić information content (AvgIpc) is 2.87. The van der Waals surface area contributed by atoms with Gasteiger partial charge in [0.05, 0.1) is 15.5 Å². The molecule has 0 aliphatic carbocycles. The summed E-state index contributed by atoms with van der Waals surface area (Å²) in [5.74, 6) is 0.202. The van der Waals surface area contributed by atoms with Crippen molar-refractivity contribution in [3.8, 4) is 0 Å². The zero-order chi connectivity index (χ0) is 15.6. The van der Waals surface area contributed by atoms with Gasteiger partial charge in [0.1, 0.15) is 0 Å². The molecule has 1 unspecified atom stereocenters. The van der Waals surface area contributed by atoms with Crippen molar-refractivity contribution in [2.45, 2.75) is 39.8 Å². The van der Waals surface area contributed by atoms with Gasteiger partial charge in [0.2, 0.25) is 5.91 Å². The van der Waals surface area contributed by atoms with E-state index >= 15 is 0 Å². The van der Waals surface area contributed by atoms with Crippen LogP contribution >= 0.6 is 23.2 Å². The molecule has 1 aliphatic rings. The van der Waals surface area contributed by atoms with Crippen molar-refractivity contribution >= 4 is 29.1 Å². The maximum atomic E-state index is 12.9. The number of carbonyl (C=O) groups excluding carboxylic acids is 1. The number of carbonyl (C=O) groups is 1. The number of rotatable bonds is 4. The number of hydrogen-bond donors (Lipinski definition) is 1. The van der Waals surface area contributed by atoms with Crippen LogP contribution in [0, 0.1) is 5.41 Å². The summed E-state index contributed by atoms with van der Waals surface area (Å²) >= 11 is 12.0. The van der Waals surface area contributed by atoms with Crippen molar-refractivity contribution in [2.75, 3.05) is 13.1 Å². The van der Waals surface area contributed by atoms with E-state index < -0.39 is 0 Å². The van der Waals surface area contributed by atoms with Crippen LogP contribution in [-0.2, 0) is 11.3 Å². The molecule has 2 rings (SSSR count). The molecule has 0 radical (unpaired) electrons. The lowest BCUT2D eigenvalue weighted by molar-refractivity contribution is -0.142. The van der Waals surface area contributed by atoms with Gasteiger partial charge in [-0.1, -0.05) is 29.3 Å². The molecule has 0 spiro atoms. The van der Waals surface area contributed by atoms with Gasteiger partial charge in [-0.3, -0.25) is 4.79 Å². The van der Waals surface area contributed by atoms with Gasteiger partial charge in [-0.05, 0) is 51.4 Å². The van der Waals surface area contributed by atoms with Crippen LogP contribution in [0.5, 0.6) is 0 Å². The number of amides is 1. The quantitative estimate of drug-likeness (QED) is 0.913. The third kappa shape index (κ3) is 3.71. The normalized spacial score (nSPS) is 21.8. The number of hydrogen-bond acceptors (Lipinski definition) is 2. The number of nitrogens with zero attached hydrogens (tertiary/aromatic N) is 1. The van der Waals surface area contributed by atoms with Crippen molar-refractivity contribution in [3.05, 3.63) is 33.8 Å². The molecule has 0 aromatic heterocycles. The monoisotopic (exact) mass is 328 g/mol. The van der Waals surface area contributed by atoms with Crippen molar-refractivity contribution in [3.63, 3.8) is 0 Å². The fraction of sp³-hybridized carbons (Fsp3) is 0.562. The third-order valence-corrected chi connectivity index (χ3v) is 4.85. The van der Waals surface area contributed by atoms with Crippen LogP contribution in [0.25, 0.3) is 0 Å². The first-order valence-electron chi connectivity index (χ1n) is 7.29. The molecule has 1 aromatic carbocycles. The van der Waals surface area contributed by atoms with Crippen LogP contribution in [0.1, 0.15) is 32.8 Å².